The second kappa shape index (κ2) is 5.49. The van der Waals surface area contributed by atoms with E-state index in [4.69, 9.17) is 4.74 Å². The number of likely N-dealkylation sites (tertiary alicyclic amines) is 1. The van der Waals surface area contributed by atoms with Crippen molar-refractivity contribution in [2.45, 2.75) is 19.8 Å². The van der Waals surface area contributed by atoms with Crippen LogP contribution in [0.3, 0.4) is 0 Å². The van der Waals surface area contributed by atoms with E-state index >= 15 is 0 Å². The summed E-state index contributed by atoms with van der Waals surface area (Å²) in [4.78, 5) is 18.0. The van der Waals surface area contributed by atoms with Crippen molar-refractivity contribution in [1.29, 1.82) is 0 Å². The summed E-state index contributed by atoms with van der Waals surface area (Å²) in [5.41, 5.74) is 0. The van der Waals surface area contributed by atoms with Crippen molar-refractivity contribution < 1.29 is 9.53 Å². The molecule has 0 atom stereocenters. The smallest absolute Gasteiger partial charge is 0.391 e. The Morgan fingerprint density at radius 2 is 1.95 bits per heavy atom. The zero-order chi connectivity index (χ0) is 13.9. The molecule has 0 N–H and O–H groups in total. The second-order valence-electron chi connectivity index (χ2n) is 5.41. The molecular formula is C16H18N2O2. The minimum absolute atomic E-state index is 0.292. The third-order valence-corrected chi connectivity index (χ3v) is 3.84. The fraction of sp³-hybridized carbons (Fsp3) is 0.375. The molecule has 0 radical (unpaired) electrons. The van der Waals surface area contributed by atoms with Gasteiger partial charge < -0.3 is 9.64 Å². The van der Waals surface area contributed by atoms with Crippen molar-refractivity contribution in [3.63, 3.8) is 0 Å². The van der Waals surface area contributed by atoms with E-state index in [1.165, 1.54) is 0 Å². The van der Waals surface area contributed by atoms with Crippen LogP contribution < -0.4 is 4.74 Å². The van der Waals surface area contributed by atoms with E-state index < -0.39 is 0 Å². The molecular weight excluding hydrogens is 252 g/mol. The maximum absolute atomic E-state index is 12.1. The molecule has 1 saturated heterocycles. The summed E-state index contributed by atoms with van der Waals surface area (Å²) in [6, 6.07) is 9.70. The molecule has 1 aliphatic rings. The normalized spacial score (nSPS) is 16.4. The number of carbonyl (C=O) groups excluding carboxylic acids is 1. The van der Waals surface area contributed by atoms with E-state index in [9.17, 15) is 4.79 Å². The summed E-state index contributed by atoms with van der Waals surface area (Å²) in [6.07, 6.45) is 3.52. The Kier molecular flexibility index (Phi) is 3.54. The monoisotopic (exact) mass is 270 g/mol. The minimum atomic E-state index is -0.292. The highest BCUT2D eigenvalue weighted by Crippen LogP contribution is 2.20. The van der Waals surface area contributed by atoms with Crippen LogP contribution >= 0.6 is 0 Å². The van der Waals surface area contributed by atoms with Gasteiger partial charge in [0.15, 0.2) is 0 Å². The molecule has 0 aliphatic carbocycles. The average Bonchev–Trinajstić information content (AvgIpc) is 2.48. The van der Waals surface area contributed by atoms with Gasteiger partial charge in [0.05, 0.1) is 0 Å². The molecule has 0 bridgehead atoms. The van der Waals surface area contributed by atoms with Crippen LogP contribution in [0, 0.1) is 5.92 Å². The molecule has 0 saturated carbocycles. The fourth-order valence-electron chi connectivity index (χ4n) is 2.46. The first-order valence-electron chi connectivity index (χ1n) is 7.04. The Labute approximate surface area is 118 Å². The van der Waals surface area contributed by atoms with Crippen LogP contribution in [0.15, 0.2) is 36.5 Å². The van der Waals surface area contributed by atoms with Gasteiger partial charge in [-0.25, -0.2) is 9.78 Å². The van der Waals surface area contributed by atoms with Crippen LogP contribution in [0.25, 0.3) is 10.8 Å². The Morgan fingerprint density at radius 1 is 1.25 bits per heavy atom. The molecule has 1 aliphatic heterocycles. The van der Waals surface area contributed by atoms with Crippen LogP contribution in [0.2, 0.25) is 0 Å². The maximum Gasteiger partial charge on any atom is 0.416 e. The minimum Gasteiger partial charge on any atom is -0.391 e. The number of benzene rings is 1. The number of pyridine rings is 1. The van der Waals surface area contributed by atoms with Crippen molar-refractivity contribution in [2.75, 3.05) is 13.1 Å². The zero-order valence-electron chi connectivity index (χ0n) is 11.6. The molecule has 20 heavy (non-hydrogen) atoms. The van der Waals surface area contributed by atoms with Gasteiger partial charge in [-0.15, -0.1) is 0 Å². The van der Waals surface area contributed by atoms with Crippen LogP contribution in [0.5, 0.6) is 5.88 Å². The number of aromatic nitrogens is 1. The van der Waals surface area contributed by atoms with Gasteiger partial charge in [0.1, 0.15) is 0 Å². The SMILES string of the molecule is CC1CCN(C(=O)Oc2cc3ccccc3cn2)CC1. The first-order chi connectivity index (χ1) is 9.72. The van der Waals surface area contributed by atoms with Crippen molar-refractivity contribution >= 4 is 16.9 Å². The summed E-state index contributed by atoms with van der Waals surface area (Å²) in [5.74, 6) is 1.06. The Bertz CT molecular complexity index is 619. The fourth-order valence-corrected chi connectivity index (χ4v) is 2.46. The lowest BCUT2D eigenvalue weighted by Crippen LogP contribution is -2.39. The molecule has 1 amide bonds. The highest BCUT2D eigenvalue weighted by atomic mass is 16.6. The number of nitrogens with zero attached hydrogens (tertiary/aromatic N) is 2. The number of amides is 1. The van der Waals surface area contributed by atoms with Gasteiger partial charge in [-0.1, -0.05) is 31.2 Å². The molecule has 0 unspecified atom stereocenters. The first kappa shape index (κ1) is 12.9. The molecule has 1 fully saturated rings. The van der Waals surface area contributed by atoms with E-state index in [0.717, 1.165) is 36.7 Å². The molecule has 1 aromatic heterocycles. The number of hydrogen-bond donors (Lipinski definition) is 0. The van der Waals surface area contributed by atoms with Crippen molar-refractivity contribution in [3.05, 3.63) is 36.5 Å². The second-order valence-corrected chi connectivity index (χ2v) is 5.41. The average molecular weight is 270 g/mol. The number of fused-ring (bicyclic) bond motifs is 1. The Morgan fingerprint density at radius 3 is 2.70 bits per heavy atom. The van der Waals surface area contributed by atoms with Gasteiger partial charge in [-0.2, -0.15) is 0 Å². The van der Waals surface area contributed by atoms with E-state index in [-0.39, 0.29) is 6.09 Å². The first-order valence-corrected chi connectivity index (χ1v) is 7.04. The topological polar surface area (TPSA) is 42.4 Å². The number of rotatable bonds is 1. The van der Waals surface area contributed by atoms with Gasteiger partial charge in [0, 0.05) is 30.7 Å². The highest BCUT2D eigenvalue weighted by Gasteiger charge is 2.22. The van der Waals surface area contributed by atoms with Gasteiger partial charge in [0.25, 0.3) is 0 Å². The lowest BCUT2D eigenvalue weighted by molar-refractivity contribution is 0.132. The number of carbonyl (C=O) groups is 1. The Balaban J connectivity index is 1.71. The van der Waals surface area contributed by atoms with Gasteiger partial charge in [-0.3, -0.25) is 0 Å². The van der Waals surface area contributed by atoms with Gasteiger partial charge >= 0.3 is 6.09 Å². The predicted octanol–water partition coefficient (Wildman–Crippen LogP) is 3.47. The van der Waals surface area contributed by atoms with Crippen LogP contribution in [0.4, 0.5) is 4.79 Å². The Hall–Kier alpha value is -2.10. The molecule has 2 aromatic rings. The lowest BCUT2D eigenvalue weighted by Gasteiger charge is -2.29. The van der Waals surface area contributed by atoms with Crippen molar-refractivity contribution in [1.82, 2.24) is 9.88 Å². The van der Waals surface area contributed by atoms with Crippen LogP contribution in [0.1, 0.15) is 19.8 Å². The third-order valence-electron chi connectivity index (χ3n) is 3.84. The summed E-state index contributed by atoms with van der Waals surface area (Å²) < 4.78 is 5.37. The summed E-state index contributed by atoms with van der Waals surface area (Å²) >= 11 is 0. The summed E-state index contributed by atoms with van der Waals surface area (Å²) in [6.45, 7) is 3.76. The summed E-state index contributed by atoms with van der Waals surface area (Å²) in [5, 5.41) is 2.07. The predicted molar refractivity (Wildman–Crippen MR) is 77.7 cm³/mol. The number of piperidine rings is 1. The molecule has 4 heteroatoms. The quantitative estimate of drug-likeness (QED) is 0.797. The molecule has 104 valence electrons. The van der Waals surface area contributed by atoms with Crippen LogP contribution in [-0.4, -0.2) is 29.1 Å². The highest BCUT2D eigenvalue weighted by molar-refractivity contribution is 5.83. The molecule has 2 heterocycles. The zero-order valence-corrected chi connectivity index (χ0v) is 11.6. The number of hydrogen-bond acceptors (Lipinski definition) is 3. The van der Waals surface area contributed by atoms with E-state index in [1.54, 1.807) is 17.2 Å². The third kappa shape index (κ3) is 2.74. The van der Waals surface area contributed by atoms with Crippen molar-refractivity contribution in [2.24, 2.45) is 5.92 Å². The lowest BCUT2D eigenvalue weighted by atomic mass is 10.00. The molecule has 3 rings (SSSR count). The number of ether oxygens (including phenoxy) is 1. The van der Waals surface area contributed by atoms with Crippen LogP contribution in [-0.2, 0) is 0 Å². The summed E-state index contributed by atoms with van der Waals surface area (Å²) in [7, 11) is 0. The molecule has 4 nitrogen and oxygen atoms in total. The van der Waals surface area contributed by atoms with E-state index in [0.29, 0.717) is 11.8 Å². The molecule has 0 spiro atoms. The van der Waals surface area contributed by atoms with Gasteiger partial charge in [-0.05, 0) is 24.1 Å². The standard InChI is InChI=1S/C16H18N2O2/c1-12-6-8-18(9-7-12)16(19)20-15-10-13-4-2-3-5-14(13)11-17-15/h2-5,10-12H,6-9H2,1H3. The largest absolute Gasteiger partial charge is 0.416 e. The van der Waals surface area contributed by atoms with E-state index in [1.807, 2.05) is 24.3 Å². The molecule has 1 aromatic carbocycles. The van der Waals surface area contributed by atoms with Gasteiger partial charge in [0.2, 0.25) is 5.88 Å². The van der Waals surface area contributed by atoms with Crippen molar-refractivity contribution in [3.8, 4) is 5.88 Å². The van der Waals surface area contributed by atoms with E-state index in [2.05, 4.69) is 11.9 Å². The maximum atomic E-state index is 12.1.